The van der Waals surface area contributed by atoms with Crippen molar-refractivity contribution in [2.45, 2.75) is 34.2 Å². The third-order valence-electron chi connectivity index (χ3n) is 5.02. The van der Waals surface area contributed by atoms with Gasteiger partial charge in [-0.25, -0.2) is 4.79 Å². The molecule has 0 bridgehead atoms. The Morgan fingerprint density at radius 2 is 1.80 bits per heavy atom. The number of benzene rings is 1. The molecule has 0 atom stereocenters. The summed E-state index contributed by atoms with van der Waals surface area (Å²) in [6.07, 6.45) is 3.61. The van der Waals surface area contributed by atoms with Crippen LogP contribution in [0.1, 0.15) is 30.7 Å². The van der Waals surface area contributed by atoms with Gasteiger partial charge in [0, 0.05) is 37.7 Å². The number of anilines is 1. The summed E-state index contributed by atoms with van der Waals surface area (Å²) in [6.45, 7) is 13.3. The number of nitrogens with one attached hydrogen (secondary N) is 1. The van der Waals surface area contributed by atoms with Crippen LogP contribution in [-0.4, -0.2) is 45.9 Å². The third-order valence-corrected chi connectivity index (χ3v) is 5.02. The maximum Gasteiger partial charge on any atom is 0.322 e. The minimum atomic E-state index is -0.302. The summed E-state index contributed by atoms with van der Waals surface area (Å²) < 4.78 is 2.01. The van der Waals surface area contributed by atoms with E-state index in [-0.39, 0.29) is 18.5 Å². The summed E-state index contributed by atoms with van der Waals surface area (Å²) in [6, 6.07) is 9.54. The first-order valence-electron chi connectivity index (χ1n) is 10.3. The predicted octanol–water partition coefficient (Wildman–Crippen LogP) is 4.35. The summed E-state index contributed by atoms with van der Waals surface area (Å²) in [5.74, 6) is 0.244. The average molecular weight is 411 g/mol. The predicted molar refractivity (Wildman–Crippen MR) is 122 cm³/mol. The van der Waals surface area contributed by atoms with Crippen LogP contribution in [0, 0.1) is 19.8 Å². The highest BCUT2D eigenvalue weighted by molar-refractivity contribution is 5.93. The second kappa shape index (κ2) is 10.7. The van der Waals surface area contributed by atoms with Crippen LogP contribution in [0.3, 0.4) is 0 Å². The molecule has 1 N–H and O–H groups in total. The van der Waals surface area contributed by atoms with E-state index in [1.807, 2.05) is 66.9 Å². The molecule has 2 rings (SSSR count). The quantitative estimate of drug-likeness (QED) is 0.625. The van der Waals surface area contributed by atoms with Crippen LogP contribution < -0.4 is 5.32 Å². The monoisotopic (exact) mass is 410 g/mol. The van der Waals surface area contributed by atoms with Crippen molar-refractivity contribution in [3.05, 3.63) is 66.0 Å². The molecule has 0 spiro atoms. The van der Waals surface area contributed by atoms with Crippen molar-refractivity contribution in [3.63, 3.8) is 0 Å². The van der Waals surface area contributed by atoms with Gasteiger partial charge in [0.05, 0.1) is 6.54 Å². The van der Waals surface area contributed by atoms with Crippen LogP contribution in [0.25, 0.3) is 0 Å². The van der Waals surface area contributed by atoms with Crippen LogP contribution in [0.2, 0.25) is 0 Å². The molecule has 0 radical (unpaired) electrons. The molecule has 1 heterocycles. The van der Waals surface area contributed by atoms with E-state index in [0.29, 0.717) is 25.6 Å². The standard InChI is InChI=1S/C24H34N4O2/c1-7-13-27(24(30)25-23-19(4)10-8-11-20(23)5)17-22(29)28(15-18(2)3)16-21-12-9-14-26(21)6/h7-12,14,18H,1,13,15-17H2,2-6H3,(H,25,30). The Balaban J connectivity index is 2.15. The van der Waals surface area contributed by atoms with Crippen molar-refractivity contribution < 1.29 is 9.59 Å². The first-order valence-corrected chi connectivity index (χ1v) is 10.3. The van der Waals surface area contributed by atoms with Crippen molar-refractivity contribution in [1.29, 1.82) is 0 Å². The topological polar surface area (TPSA) is 57.6 Å². The fourth-order valence-electron chi connectivity index (χ4n) is 3.39. The molecule has 0 unspecified atom stereocenters. The number of carbonyl (C=O) groups excluding carboxylic acids is 2. The number of hydrogen-bond donors (Lipinski definition) is 1. The summed E-state index contributed by atoms with van der Waals surface area (Å²) >= 11 is 0. The smallest absolute Gasteiger partial charge is 0.322 e. The van der Waals surface area contributed by atoms with Gasteiger partial charge in [-0.15, -0.1) is 6.58 Å². The lowest BCUT2D eigenvalue weighted by Gasteiger charge is -2.29. The van der Waals surface area contributed by atoms with Gasteiger partial charge in [-0.1, -0.05) is 38.1 Å². The van der Waals surface area contributed by atoms with Gasteiger partial charge in [-0.05, 0) is 43.0 Å². The van der Waals surface area contributed by atoms with E-state index in [1.165, 1.54) is 4.90 Å². The molecule has 2 aromatic rings. The highest BCUT2D eigenvalue weighted by atomic mass is 16.2. The largest absolute Gasteiger partial charge is 0.353 e. The number of hydrogen-bond acceptors (Lipinski definition) is 2. The number of para-hydroxylation sites is 1. The van der Waals surface area contributed by atoms with E-state index in [4.69, 9.17) is 0 Å². The molecule has 0 saturated heterocycles. The van der Waals surface area contributed by atoms with Gasteiger partial charge in [-0.3, -0.25) is 4.79 Å². The van der Waals surface area contributed by atoms with Gasteiger partial charge in [-0.2, -0.15) is 0 Å². The fraction of sp³-hybridized carbons (Fsp3) is 0.417. The zero-order chi connectivity index (χ0) is 22.3. The van der Waals surface area contributed by atoms with Crippen molar-refractivity contribution in [2.75, 3.05) is 25.0 Å². The minimum Gasteiger partial charge on any atom is -0.353 e. The highest BCUT2D eigenvalue weighted by Gasteiger charge is 2.22. The molecule has 1 aromatic carbocycles. The third kappa shape index (κ3) is 6.24. The number of amides is 3. The Kier molecular flexibility index (Phi) is 8.27. The van der Waals surface area contributed by atoms with Gasteiger partial charge in [0.15, 0.2) is 0 Å². The lowest BCUT2D eigenvalue weighted by molar-refractivity contribution is -0.132. The van der Waals surface area contributed by atoms with E-state index >= 15 is 0 Å². The van der Waals surface area contributed by atoms with Gasteiger partial charge in [0.2, 0.25) is 5.91 Å². The van der Waals surface area contributed by atoms with E-state index in [0.717, 1.165) is 22.5 Å². The number of aryl methyl sites for hydroxylation is 3. The van der Waals surface area contributed by atoms with Crippen molar-refractivity contribution in [3.8, 4) is 0 Å². The van der Waals surface area contributed by atoms with Crippen molar-refractivity contribution >= 4 is 17.6 Å². The van der Waals surface area contributed by atoms with E-state index in [2.05, 4.69) is 25.7 Å². The van der Waals surface area contributed by atoms with Crippen LogP contribution in [0.4, 0.5) is 10.5 Å². The molecular formula is C24H34N4O2. The van der Waals surface area contributed by atoms with Crippen LogP contribution in [0.15, 0.2) is 49.2 Å². The maximum absolute atomic E-state index is 13.2. The Bertz CT molecular complexity index is 865. The van der Waals surface area contributed by atoms with Crippen molar-refractivity contribution in [1.82, 2.24) is 14.4 Å². The summed E-state index contributed by atoms with van der Waals surface area (Å²) in [5.41, 5.74) is 3.81. The minimum absolute atomic E-state index is 0.0000744. The van der Waals surface area contributed by atoms with E-state index in [9.17, 15) is 9.59 Å². The maximum atomic E-state index is 13.2. The highest BCUT2D eigenvalue weighted by Crippen LogP contribution is 2.20. The summed E-state index contributed by atoms with van der Waals surface area (Å²) in [4.78, 5) is 29.4. The Morgan fingerprint density at radius 3 is 2.33 bits per heavy atom. The molecule has 0 saturated carbocycles. The average Bonchev–Trinajstić information content (AvgIpc) is 3.08. The molecule has 0 aliphatic rings. The van der Waals surface area contributed by atoms with Gasteiger partial charge in [0.25, 0.3) is 0 Å². The first-order chi connectivity index (χ1) is 14.2. The zero-order valence-electron chi connectivity index (χ0n) is 18.8. The normalized spacial score (nSPS) is 10.7. The molecule has 0 fully saturated rings. The Morgan fingerprint density at radius 1 is 1.13 bits per heavy atom. The summed E-state index contributed by atoms with van der Waals surface area (Å²) in [5, 5.41) is 2.97. The number of nitrogens with zero attached hydrogens (tertiary/aromatic N) is 3. The molecule has 6 nitrogen and oxygen atoms in total. The SMILES string of the molecule is C=CCN(CC(=O)N(Cc1cccn1C)CC(C)C)C(=O)Nc1c(C)cccc1C. The molecule has 30 heavy (non-hydrogen) atoms. The molecule has 162 valence electrons. The first kappa shape index (κ1) is 23.3. The van der Waals surface area contributed by atoms with E-state index in [1.54, 1.807) is 6.08 Å². The number of carbonyl (C=O) groups is 2. The molecule has 0 aliphatic carbocycles. The Hall–Kier alpha value is -3.02. The summed E-state index contributed by atoms with van der Waals surface area (Å²) in [7, 11) is 1.97. The van der Waals surface area contributed by atoms with Gasteiger partial charge >= 0.3 is 6.03 Å². The second-order valence-electron chi connectivity index (χ2n) is 8.14. The fourth-order valence-corrected chi connectivity index (χ4v) is 3.39. The molecule has 0 aliphatic heterocycles. The van der Waals surface area contributed by atoms with Crippen LogP contribution in [-0.2, 0) is 18.4 Å². The van der Waals surface area contributed by atoms with Crippen LogP contribution in [0.5, 0.6) is 0 Å². The lowest BCUT2D eigenvalue weighted by atomic mass is 10.1. The number of aromatic nitrogens is 1. The molecule has 6 heteroatoms. The Labute approximate surface area is 180 Å². The second-order valence-corrected chi connectivity index (χ2v) is 8.14. The molecule has 3 amide bonds. The van der Waals surface area contributed by atoms with E-state index < -0.39 is 0 Å². The lowest BCUT2D eigenvalue weighted by Crippen LogP contribution is -2.45. The molecule has 1 aromatic heterocycles. The molecular weight excluding hydrogens is 376 g/mol. The van der Waals surface area contributed by atoms with Gasteiger partial charge in [0.1, 0.15) is 6.54 Å². The number of urea groups is 1. The van der Waals surface area contributed by atoms with Crippen molar-refractivity contribution in [2.24, 2.45) is 13.0 Å². The zero-order valence-corrected chi connectivity index (χ0v) is 18.8. The van der Waals surface area contributed by atoms with Crippen LogP contribution >= 0.6 is 0 Å². The van der Waals surface area contributed by atoms with Gasteiger partial charge < -0.3 is 19.7 Å². The number of rotatable bonds is 9.